The van der Waals surface area contributed by atoms with Crippen LogP contribution in [0.4, 0.5) is 0 Å². The number of ketones is 1. The molecule has 8 heteroatoms. The molecule has 1 aliphatic heterocycles. The fourth-order valence-corrected chi connectivity index (χ4v) is 4.36. The van der Waals surface area contributed by atoms with Gasteiger partial charge in [0, 0.05) is 38.7 Å². The van der Waals surface area contributed by atoms with E-state index < -0.39 is 10.0 Å². The fraction of sp³-hybridized carbons (Fsp3) is 0.579. The molecule has 0 aliphatic carbocycles. The molecule has 1 amide bonds. The number of carbonyl (C=O) groups is 2. The van der Waals surface area contributed by atoms with Crippen molar-refractivity contribution in [3.63, 3.8) is 0 Å². The van der Waals surface area contributed by atoms with Crippen molar-refractivity contribution in [3.8, 4) is 0 Å². The van der Waals surface area contributed by atoms with E-state index in [1.165, 1.54) is 42.5 Å². The van der Waals surface area contributed by atoms with Crippen LogP contribution in [0, 0.1) is 0 Å². The molecular weight excluding hydrogens is 368 g/mol. The molecular formula is C19H28N2O5S. The smallest absolute Gasteiger partial charge is 0.242 e. The van der Waals surface area contributed by atoms with Gasteiger partial charge in [0.2, 0.25) is 15.9 Å². The lowest BCUT2D eigenvalue weighted by Gasteiger charge is -2.35. The van der Waals surface area contributed by atoms with E-state index in [1.54, 1.807) is 4.90 Å². The van der Waals surface area contributed by atoms with E-state index in [2.05, 4.69) is 0 Å². The lowest BCUT2D eigenvalue weighted by molar-refractivity contribution is -0.143. The molecule has 1 fully saturated rings. The van der Waals surface area contributed by atoms with Crippen molar-refractivity contribution in [2.24, 2.45) is 0 Å². The number of benzene rings is 1. The molecule has 2 atom stereocenters. The molecule has 150 valence electrons. The molecule has 1 aromatic rings. The molecule has 0 N–H and O–H groups in total. The van der Waals surface area contributed by atoms with Crippen LogP contribution in [0.1, 0.15) is 44.0 Å². The number of nitrogens with zero attached hydrogens (tertiary/aromatic N) is 2. The van der Waals surface area contributed by atoms with Crippen LogP contribution >= 0.6 is 0 Å². The molecule has 1 aliphatic rings. The summed E-state index contributed by atoms with van der Waals surface area (Å²) < 4.78 is 32.1. The molecule has 0 saturated carbocycles. The first kappa shape index (κ1) is 21.5. The molecule has 0 radical (unpaired) electrons. The number of ether oxygens (including phenoxy) is 1. The van der Waals surface area contributed by atoms with E-state index in [0.29, 0.717) is 31.5 Å². The average Bonchev–Trinajstić information content (AvgIpc) is 2.60. The van der Waals surface area contributed by atoms with E-state index in [4.69, 9.17) is 4.74 Å². The first-order chi connectivity index (χ1) is 12.6. The van der Waals surface area contributed by atoms with E-state index in [9.17, 15) is 18.0 Å². The van der Waals surface area contributed by atoms with E-state index in [0.717, 1.165) is 0 Å². The van der Waals surface area contributed by atoms with Crippen LogP contribution in [0.15, 0.2) is 29.2 Å². The zero-order chi connectivity index (χ0) is 20.2. The fourth-order valence-electron chi connectivity index (χ4n) is 3.15. The zero-order valence-corrected chi connectivity index (χ0v) is 17.2. The monoisotopic (exact) mass is 396 g/mol. The second kappa shape index (κ2) is 8.95. The molecule has 1 aromatic carbocycles. The molecule has 27 heavy (non-hydrogen) atoms. The zero-order valence-electron chi connectivity index (χ0n) is 16.3. The number of Topliss-reactive ketones (excluding diaryl/α,β-unsaturated/α-hetero) is 1. The number of hydrogen-bond donors (Lipinski definition) is 0. The Hall–Kier alpha value is -1.77. The maximum Gasteiger partial charge on any atom is 0.242 e. The molecule has 0 unspecified atom stereocenters. The van der Waals surface area contributed by atoms with E-state index >= 15 is 0 Å². The number of rotatable bonds is 7. The number of amides is 1. The molecule has 0 bridgehead atoms. The minimum Gasteiger partial charge on any atom is -0.372 e. The minimum absolute atomic E-state index is 0.0127. The molecule has 1 saturated heterocycles. The molecule has 7 nitrogen and oxygen atoms in total. The summed E-state index contributed by atoms with van der Waals surface area (Å²) in [6.07, 6.45) is 0.764. The lowest BCUT2D eigenvalue weighted by atomic mass is 10.2. The van der Waals surface area contributed by atoms with Crippen molar-refractivity contribution in [1.29, 1.82) is 0 Å². The Labute approximate surface area is 161 Å². The van der Waals surface area contributed by atoms with Crippen LogP contribution in [0.25, 0.3) is 0 Å². The highest BCUT2D eigenvalue weighted by molar-refractivity contribution is 7.89. The van der Waals surface area contributed by atoms with Gasteiger partial charge in [-0.25, -0.2) is 12.7 Å². The standard InChI is InChI=1S/C19H28N2O5S/c1-14-12-21(13-15(2)26-14)19(23)6-5-11-20(4)27(24,25)18-9-7-17(8-10-18)16(3)22/h7-10,14-15H,5-6,11-13H2,1-4H3/t14-,15+. The van der Waals surface area contributed by atoms with Gasteiger partial charge in [-0.05, 0) is 39.3 Å². The van der Waals surface area contributed by atoms with Crippen LogP contribution in [-0.4, -0.2) is 68.2 Å². The van der Waals surface area contributed by atoms with Gasteiger partial charge in [-0.2, -0.15) is 0 Å². The molecule has 0 aromatic heterocycles. The Bertz CT molecular complexity index is 766. The summed E-state index contributed by atoms with van der Waals surface area (Å²) in [5.41, 5.74) is 0.469. The van der Waals surface area contributed by atoms with Gasteiger partial charge < -0.3 is 9.64 Å². The SMILES string of the molecule is CC(=O)c1ccc(S(=O)(=O)N(C)CCCC(=O)N2C[C@@H](C)O[C@@H](C)C2)cc1. The van der Waals surface area contributed by atoms with Crippen molar-refractivity contribution in [2.45, 2.75) is 50.7 Å². The number of morpholine rings is 1. The van der Waals surface area contributed by atoms with Gasteiger partial charge >= 0.3 is 0 Å². The van der Waals surface area contributed by atoms with Gasteiger partial charge in [-0.3, -0.25) is 9.59 Å². The van der Waals surface area contributed by atoms with Gasteiger partial charge in [0.15, 0.2) is 5.78 Å². The Morgan fingerprint density at radius 1 is 1.15 bits per heavy atom. The summed E-state index contributed by atoms with van der Waals surface area (Å²) in [7, 11) is -2.15. The summed E-state index contributed by atoms with van der Waals surface area (Å²) in [6, 6.07) is 5.88. The van der Waals surface area contributed by atoms with Gasteiger partial charge in [0.25, 0.3) is 0 Å². The number of hydrogen-bond acceptors (Lipinski definition) is 5. The highest BCUT2D eigenvalue weighted by Gasteiger charge is 2.26. The topological polar surface area (TPSA) is 84.0 Å². The van der Waals surface area contributed by atoms with Gasteiger partial charge in [0.1, 0.15) is 0 Å². The van der Waals surface area contributed by atoms with Gasteiger partial charge in [-0.15, -0.1) is 0 Å². The normalized spacial score (nSPS) is 20.7. The third-order valence-electron chi connectivity index (χ3n) is 4.60. The number of sulfonamides is 1. The maximum atomic E-state index is 12.6. The van der Waals surface area contributed by atoms with Crippen molar-refractivity contribution < 1.29 is 22.7 Å². The number of carbonyl (C=O) groups excluding carboxylic acids is 2. The predicted octanol–water partition coefficient (Wildman–Crippen LogP) is 1.93. The third kappa shape index (κ3) is 5.60. The van der Waals surface area contributed by atoms with Gasteiger partial charge in [-0.1, -0.05) is 12.1 Å². The Kier molecular flexibility index (Phi) is 7.13. The van der Waals surface area contributed by atoms with Gasteiger partial charge in [0.05, 0.1) is 17.1 Å². The molecule has 1 heterocycles. The van der Waals surface area contributed by atoms with Crippen molar-refractivity contribution in [3.05, 3.63) is 29.8 Å². The Morgan fingerprint density at radius 3 is 2.22 bits per heavy atom. The average molecular weight is 397 g/mol. The maximum absolute atomic E-state index is 12.6. The molecule has 0 spiro atoms. The van der Waals surface area contributed by atoms with Crippen molar-refractivity contribution in [1.82, 2.24) is 9.21 Å². The molecule has 2 rings (SSSR count). The summed E-state index contributed by atoms with van der Waals surface area (Å²) in [5, 5.41) is 0. The van der Waals surface area contributed by atoms with Crippen LogP contribution in [0.2, 0.25) is 0 Å². The largest absolute Gasteiger partial charge is 0.372 e. The predicted molar refractivity (Wildman–Crippen MR) is 102 cm³/mol. The van der Waals surface area contributed by atoms with E-state index in [-0.39, 0.29) is 35.3 Å². The van der Waals surface area contributed by atoms with Crippen molar-refractivity contribution >= 4 is 21.7 Å². The second-order valence-electron chi connectivity index (χ2n) is 7.07. The van der Waals surface area contributed by atoms with Crippen LogP contribution in [0.3, 0.4) is 0 Å². The minimum atomic E-state index is -3.64. The Balaban J connectivity index is 1.89. The van der Waals surface area contributed by atoms with Crippen LogP contribution in [0.5, 0.6) is 0 Å². The quantitative estimate of drug-likeness (QED) is 0.658. The van der Waals surface area contributed by atoms with Crippen LogP contribution in [-0.2, 0) is 19.6 Å². The van der Waals surface area contributed by atoms with Crippen LogP contribution < -0.4 is 0 Å². The summed E-state index contributed by atoms with van der Waals surface area (Å²) in [6.45, 7) is 6.70. The highest BCUT2D eigenvalue weighted by Crippen LogP contribution is 2.17. The summed E-state index contributed by atoms with van der Waals surface area (Å²) in [4.78, 5) is 25.6. The lowest BCUT2D eigenvalue weighted by Crippen LogP contribution is -2.48. The summed E-state index contributed by atoms with van der Waals surface area (Å²) in [5.74, 6) is -0.0915. The third-order valence-corrected chi connectivity index (χ3v) is 6.48. The summed E-state index contributed by atoms with van der Waals surface area (Å²) >= 11 is 0. The Morgan fingerprint density at radius 2 is 1.70 bits per heavy atom. The van der Waals surface area contributed by atoms with E-state index in [1.807, 2.05) is 13.8 Å². The second-order valence-corrected chi connectivity index (χ2v) is 9.11. The first-order valence-corrected chi connectivity index (χ1v) is 10.6. The first-order valence-electron chi connectivity index (χ1n) is 9.12. The highest BCUT2D eigenvalue weighted by atomic mass is 32.2. The van der Waals surface area contributed by atoms with Crippen molar-refractivity contribution in [2.75, 3.05) is 26.7 Å².